The van der Waals surface area contributed by atoms with Gasteiger partial charge in [0.2, 0.25) is 0 Å². The highest BCUT2D eigenvalue weighted by molar-refractivity contribution is 9.10. The lowest BCUT2D eigenvalue weighted by molar-refractivity contribution is 0.0690. The summed E-state index contributed by atoms with van der Waals surface area (Å²) in [5.74, 6) is 0.0220. The SMILES string of the molecule is CC(C)N(Cc1cccc(N)c1)C(=O)c1cccc(Br)c1. The number of benzene rings is 2. The van der Waals surface area contributed by atoms with Gasteiger partial charge in [0.15, 0.2) is 0 Å². The quantitative estimate of drug-likeness (QED) is 0.847. The van der Waals surface area contributed by atoms with Crippen molar-refractivity contribution < 1.29 is 4.79 Å². The van der Waals surface area contributed by atoms with Crippen molar-refractivity contribution in [1.29, 1.82) is 0 Å². The average Bonchev–Trinajstić information content (AvgIpc) is 2.44. The molecule has 0 saturated carbocycles. The maximum absolute atomic E-state index is 12.7. The molecule has 1 amide bonds. The van der Waals surface area contributed by atoms with Crippen LogP contribution in [0.1, 0.15) is 29.8 Å². The van der Waals surface area contributed by atoms with E-state index in [4.69, 9.17) is 5.73 Å². The normalized spacial score (nSPS) is 10.7. The van der Waals surface area contributed by atoms with Gasteiger partial charge in [0, 0.05) is 28.3 Å². The molecule has 0 unspecified atom stereocenters. The Morgan fingerprint density at radius 2 is 1.90 bits per heavy atom. The van der Waals surface area contributed by atoms with E-state index in [2.05, 4.69) is 15.9 Å². The first-order valence-corrected chi connectivity index (χ1v) is 7.67. The van der Waals surface area contributed by atoms with Gasteiger partial charge < -0.3 is 10.6 Å². The van der Waals surface area contributed by atoms with Crippen molar-refractivity contribution in [2.24, 2.45) is 0 Å². The van der Waals surface area contributed by atoms with Crippen LogP contribution in [-0.2, 0) is 6.54 Å². The first kappa shape index (κ1) is 15.6. The third kappa shape index (κ3) is 4.08. The molecule has 2 N–H and O–H groups in total. The van der Waals surface area contributed by atoms with Gasteiger partial charge in [-0.15, -0.1) is 0 Å². The van der Waals surface area contributed by atoms with E-state index in [1.807, 2.05) is 67.3 Å². The van der Waals surface area contributed by atoms with Crippen molar-refractivity contribution in [3.8, 4) is 0 Å². The fourth-order valence-corrected chi connectivity index (χ4v) is 2.56. The summed E-state index contributed by atoms with van der Waals surface area (Å²) in [6, 6.07) is 15.2. The van der Waals surface area contributed by atoms with Gasteiger partial charge in [-0.05, 0) is 49.7 Å². The van der Waals surface area contributed by atoms with Crippen LogP contribution >= 0.6 is 15.9 Å². The number of amides is 1. The molecule has 2 aromatic carbocycles. The molecule has 0 fully saturated rings. The molecule has 0 spiro atoms. The topological polar surface area (TPSA) is 46.3 Å². The number of nitrogens with two attached hydrogens (primary N) is 1. The molecule has 0 aliphatic heterocycles. The first-order chi connectivity index (χ1) is 9.97. The smallest absolute Gasteiger partial charge is 0.254 e. The minimum absolute atomic E-state index is 0.0220. The zero-order valence-electron chi connectivity index (χ0n) is 12.2. The summed E-state index contributed by atoms with van der Waals surface area (Å²) >= 11 is 3.41. The molecule has 110 valence electrons. The molecule has 2 rings (SSSR count). The first-order valence-electron chi connectivity index (χ1n) is 6.88. The van der Waals surface area contributed by atoms with Gasteiger partial charge in [-0.25, -0.2) is 0 Å². The van der Waals surface area contributed by atoms with Crippen molar-refractivity contribution >= 4 is 27.5 Å². The number of carbonyl (C=O) groups excluding carboxylic acids is 1. The molecule has 2 aromatic rings. The largest absolute Gasteiger partial charge is 0.399 e. The Bertz CT molecular complexity index is 640. The highest BCUT2D eigenvalue weighted by atomic mass is 79.9. The molecule has 21 heavy (non-hydrogen) atoms. The predicted octanol–water partition coefficient (Wildman–Crippen LogP) is 4.08. The van der Waals surface area contributed by atoms with E-state index in [1.165, 1.54) is 0 Å². The second-order valence-corrected chi connectivity index (χ2v) is 6.20. The summed E-state index contributed by atoms with van der Waals surface area (Å²) in [7, 11) is 0. The second-order valence-electron chi connectivity index (χ2n) is 5.28. The number of halogens is 1. The van der Waals surface area contributed by atoms with Crippen molar-refractivity contribution in [2.45, 2.75) is 26.4 Å². The second kappa shape index (κ2) is 6.76. The third-order valence-corrected chi connectivity index (χ3v) is 3.75. The Kier molecular flexibility index (Phi) is 5.02. The Morgan fingerprint density at radius 1 is 1.19 bits per heavy atom. The standard InChI is InChI=1S/C17H19BrN2O/c1-12(2)20(11-13-5-3-8-16(19)9-13)17(21)14-6-4-7-15(18)10-14/h3-10,12H,11,19H2,1-2H3. The lowest BCUT2D eigenvalue weighted by Gasteiger charge is -2.27. The minimum Gasteiger partial charge on any atom is -0.399 e. The van der Waals surface area contributed by atoms with Gasteiger partial charge in [-0.1, -0.05) is 34.1 Å². The van der Waals surface area contributed by atoms with Gasteiger partial charge in [0.25, 0.3) is 5.91 Å². The molecule has 0 atom stereocenters. The molecule has 4 heteroatoms. The van der Waals surface area contributed by atoms with Crippen LogP contribution in [0.4, 0.5) is 5.69 Å². The number of nitrogen functional groups attached to an aromatic ring is 1. The monoisotopic (exact) mass is 346 g/mol. The zero-order valence-corrected chi connectivity index (χ0v) is 13.8. The van der Waals surface area contributed by atoms with E-state index in [0.29, 0.717) is 17.8 Å². The van der Waals surface area contributed by atoms with Gasteiger partial charge in [0.05, 0.1) is 0 Å². The maximum Gasteiger partial charge on any atom is 0.254 e. The van der Waals surface area contributed by atoms with E-state index >= 15 is 0 Å². The highest BCUT2D eigenvalue weighted by Gasteiger charge is 2.19. The Labute approximate surface area is 133 Å². The predicted molar refractivity (Wildman–Crippen MR) is 90.0 cm³/mol. The number of nitrogens with zero attached hydrogens (tertiary/aromatic N) is 1. The Balaban J connectivity index is 2.25. The minimum atomic E-state index is 0.0220. The third-order valence-electron chi connectivity index (χ3n) is 3.26. The fourth-order valence-electron chi connectivity index (χ4n) is 2.16. The summed E-state index contributed by atoms with van der Waals surface area (Å²) in [6.45, 7) is 4.58. The zero-order chi connectivity index (χ0) is 15.4. The van der Waals surface area contributed by atoms with Gasteiger partial charge in [-0.2, -0.15) is 0 Å². The van der Waals surface area contributed by atoms with Gasteiger partial charge in [0.1, 0.15) is 0 Å². The van der Waals surface area contributed by atoms with Crippen molar-refractivity contribution in [2.75, 3.05) is 5.73 Å². The van der Waals surface area contributed by atoms with Crippen molar-refractivity contribution in [1.82, 2.24) is 4.90 Å². The van der Waals surface area contributed by atoms with Crippen LogP contribution in [-0.4, -0.2) is 16.8 Å². The average molecular weight is 347 g/mol. The highest BCUT2D eigenvalue weighted by Crippen LogP contribution is 2.18. The summed E-state index contributed by atoms with van der Waals surface area (Å²) in [5.41, 5.74) is 8.24. The lowest BCUT2D eigenvalue weighted by atomic mass is 10.1. The van der Waals surface area contributed by atoms with E-state index in [9.17, 15) is 4.79 Å². The van der Waals surface area contributed by atoms with Crippen molar-refractivity contribution in [3.63, 3.8) is 0 Å². The van der Waals surface area contributed by atoms with Crippen LogP contribution in [0.3, 0.4) is 0 Å². The summed E-state index contributed by atoms with van der Waals surface area (Å²) in [5, 5.41) is 0. The van der Waals surface area contributed by atoms with Crippen LogP contribution in [0.15, 0.2) is 53.0 Å². The number of hydrogen-bond acceptors (Lipinski definition) is 2. The van der Waals surface area contributed by atoms with Crippen LogP contribution in [0, 0.1) is 0 Å². The van der Waals surface area contributed by atoms with Crippen LogP contribution < -0.4 is 5.73 Å². The summed E-state index contributed by atoms with van der Waals surface area (Å²) < 4.78 is 0.904. The van der Waals surface area contributed by atoms with E-state index < -0.39 is 0 Å². The molecule has 0 aromatic heterocycles. The summed E-state index contributed by atoms with van der Waals surface area (Å²) in [4.78, 5) is 14.5. The van der Waals surface area contributed by atoms with Gasteiger partial charge >= 0.3 is 0 Å². The van der Waals surface area contributed by atoms with Gasteiger partial charge in [-0.3, -0.25) is 4.79 Å². The lowest BCUT2D eigenvalue weighted by Crippen LogP contribution is -2.36. The van der Waals surface area contributed by atoms with E-state index in [0.717, 1.165) is 10.0 Å². The Hall–Kier alpha value is -1.81. The fraction of sp³-hybridized carbons (Fsp3) is 0.235. The van der Waals surface area contributed by atoms with Crippen LogP contribution in [0.5, 0.6) is 0 Å². The van der Waals surface area contributed by atoms with Crippen LogP contribution in [0.2, 0.25) is 0 Å². The number of carbonyl (C=O) groups is 1. The van der Waals surface area contributed by atoms with Crippen molar-refractivity contribution in [3.05, 3.63) is 64.1 Å². The molecule has 0 heterocycles. The van der Waals surface area contributed by atoms with Crippen LogP contribution in [0.25, 0.3) is 0 Å². The molecule has 0 radical (unpaired) electrons. The number of rotatable bonds is 4. The van der Waals surface area contributed by atoms with E-state index in [1.54, 1.807) is 0 Å². The molecular weight excluding hydrogens is 328 g/mol. The van der Waals surface area contributed by atoms with E-state index in [-0.39, 0.29) is 11.9 Å². The summed E-state index contributed by atoms with van der Waals surface area (Å²) in [6.07, 6.45) is 0. The molecule has 0 bridgehead atoms. The number of anilines is 1. The number of hydrogen-bond donors (Lipinski definition) is 1. The molecule has 0 aliphatic rings. The molecule has 0 aliphatic carbocycles. The molecular formula is C17H19BrN2O. The Morgan fingerprint density at radius 3 is 2.52 bits per heavy atom. The molecule has 0 saturated heterocycles. The molecule has 3 nitrogen and oxygen atoms in total. The maximum atomic E-state index is 12.7.